The van der Waals surface area contributed by atoms with E-state index >= 15 is 0 Å². The molecule has 1 aromatic heterocycles. The summed E-state index contributed by atoms with van der Waals surface area (Å²) in [5.74, 6) is 0.845. The van der Waals surface area contributed by atoms with Crippen molar-refractivity contribution >= 4 is 34.3 Å². The van der Waals surface area contributed by atoms with Crippen molar-refractivity contribution in [3.8, 4) is 5.75 Å². The van der Waals surface area contributed by atoms with Gasteiger partial charge in [0.05, 0.1) is 5.41 Å². The van der Waals surface area contributed by atoms with Crippen LogP contribution in [0.4, 0.5) is 5.69 Å². The van der Waals surface area contributed by atoms with E-state index in [-0.39, 0.29) is 5.41 Å². The highest BCUT2D eigenvalue weighted by atomic mass is 35.5. The van der Waals surface area contributed by atoms with Crippen LogP contribution in [0.5, 0.6) is 5.75 Å². The van der Waals surface area contributed by atoms with Crippen LogP contribution in [0.3, 0.4) is 0 Å². The highest BCUT2D eigenvalue weighted by Crippen LogP contribution is 2.55. The molecule has 0 fully saturated rings. The van der Waals surface area contributed by atoms with Crippen molar-refractivity contribution in [2.24, 2.45) is 0 Å². The van der Waals surface area contributed by atoms with Crippen LogP contribution >= 0.6 is 11.6 Å². The highest BCUT2D eigenvalue weighted by molar-refractivity contribution is 6.30. The molecule has 2 aromatic carbocycles. The van der Waals surface area contributed by atoms with Gasteiger partial charge >= 0.3 is 0 Å². The Balaban J connectivity index is 1.75. The molecule has 27 heavy (non-hydrogen) atoms. The fourth-order valence-corrected chi connectivity index (χ4v) is 4.69. The van der Waals surface area contributed by atoms with E-state index in [1.165, 1.54) is 5.56 Å². The summed E-state index contributed by atoms with van der Waals surface area (Å²) in [5.41, 5.74) is 4.36. The molecule has 136 valence electrons. The molecule has 3 nitrogen and oxygen atoms in total. The molecule has 4 heteroatoms. The Morgan fingerprint density at radius 3 is 2.67 bits per heavy atom. The van der Waals surface area contributed by atoms with Crippen LogP contribution in [-0.2, 0) is 5.41 Å². The number of halogens is 1. The molecular formula is C23H21ClN2O. The maximum absolute atomic E-state index is 6.83. The summed E-state index contributed by atoms with van der Waals surface area (Å²) in [6.45, 7) is 6.44. The van der Waals surface area contributed by atoms with E-state index < -0.39 is 5.72 Å². The van der Waals surface area contributed by atoms with Gasteiger partial charge < -0.3 is 9.64 Å². The lowest BCUT2D eigenvalue weighted by atomic mass is 9.76. The van der Waals surface area contributed by atoms with Crippen LogP contribution in [0, 0.1) is 6.92 Å². The van der Waals surface area contributed by atoms with E-state index in [4.69, 9.17) is 21.3 Å². The summed E-state index contributed by atoms with van der Waals surface area (Å²) in [6.07, 6.45) is 4.33. The number of benzene rings is 2. The lowest BCUT2D eigenvalue weighted by molar-refractivity contribution is 0.0596. The summed E-state index contributed by atoms with van der Waals surface area (Å²) in [6, 6.07) is 14.4. The Morgan fingerprint density at radius 2 is 1.85 bits per heavy atom. The van der Waals surface area contributed by atoms with Gasteiger partial charge in [-0.1, -0.05) is 29.8 Å². The minimum absolute atomic E-state index is 0.290. The summed E-state index contributed by atoms with van der Waals surface area (Å²) < 4.78 is 6.83. The zero-order chi connectivity index (χ0) is 19.0. The van der Waals surface area contributed by atoms with Gasteiger partial charge in [-0.15, -0.1) is 0 Å². The fraction of sp³-hybridized carbons (Fsp3) is 0.261. The summed E-state index contributed by atoms with van der Waals surface area (Å²) in [4.78, 5) is 7.00. The number of hydrogen-bond acceptors (Lipinski definition) is 3. The molecule has 0 bridgehead atoms. The van der Waals surface area contributed by atoms with Crippen LogP contribution in [0.2, 0.25) is 5.02 Å². The summed E-state index contributed by atoms with van der Waals surface area (Å²) >= 11 is 6.31. The van der Waals surface area contributed by atoms with Crippen molar-refractivity contribution in [2.75, 3.05) is 11.9 Å². The van der Waals surface area contributed by atoms with Gasteiger partial charge in [0.15, 0.2) is 5.75 Å². The van der Waals surface area contributed by atoms with Crippen molar-refractivity contribution in [2.45, 2.75) is 31.9 Å². The molecule has 0 N–H and O–H groups in total. The average molecular weight is 377 g/mol. The van der Waals surface area contributed by atoms with E-state index in [0.29, 0.717) is 0 Å². The molecule has 1 atom stereocenters. The molecule has 0 amide bonds. The van der Waals surface area contributed by atoms with Crippen LogP contribution in [0.1, 0.15) is 30.7 Å². The first kappa shape index (κ1) is 16.6. The number of likely N-dealkylation sites (N-methyl/N-ethyl adjacent to an activating group) is 1. The Bertz CT molecular complexity index is 1130. The maximum atomic E-state index is 6.83. The zero-order valence-corrected chi connectivity index (χ0v) is 16.6. The van der Waals surface area contributed by atoms with Crippen LogP contribution in [0.15, 0.2) is 48.5 Å². The average Bonchev–Trinajstić information content (AvgIpc) is 2.80. The van der Waals surface area contributed by atoms with E-state index in [1.807, 2.05) is 19.1 Å². The third kappa shape index (κ3) is 2.06. The molecule has 2 aliphatic heterocycles. The van der Waals surface area contributed by atoms with Crippen molar-refractivity contribution in [3.05, 3.63) is 70.4 Å². The van der Waals surface area contributed by atoms with Crippen LogP contribution < -0.4 is 9.64 Å². The Kier molecular flexibility index (Phi) is 3.24. The summed E-state index contributed by atoms with van der Waals surface area (Å²) in [5, 5.41) is 1.83. The minimum Gasteiger partial charge on any atom is -0.460 e. The predicted molar refractivity (Wildman–Crippen MR) is 112 cm³/mol. The number of nitrogens with zero attached hydrogens (tertiary/aromatic N) is 2. The number of pyridine rings is 1. The van der Waals surface area contributed by atoms with Gasteiger partial charge in [0, 0.05) is 34.4 Å². The predicted octanol–water partition coefficient (Wildman–Crippen LogP) is 5.73. The van der Waals surface area contributed by atoms with Crippen molar-refractivity contribution in [1.29, 1.82) is 0 Å². The Hall–Kier alpha value is -2.52. The molecule has 3 aromatic rings. The van der Waals surface area contributed by atoms with E-state index in [0.717, 1.165) is 38.6 Å². The molecule has 2 aliphatic rings. The van der Waals surface area contributed by atoms with Gasteiger partial charge in [-0.05, 0) is 62.8 Å². The van der Waals surface area contributed by atoms with E-state index in [1.54, 1.807) is 0 Å². The number of aryl methyl sites for hydroxylation is 1. The number of hydrogen-bond donors (Lipinski definition) is 0. The molecule has 0 radical (unpaired) electrons. The normalized spacial score (nSPS) is 22.0. The van der Waals surface area contributed by atoms with Gasteiger partial charge in [-0.25, -0.2) is 4.98 Å². The third-order valence-corrected chi connectivity index (χ3v) is 6.35. The molecular weight excluding hydrogens is 356 g/mol. The van der Waals surface area contributed by atoms with Crippen LogP contribution in [-0.4, -0.2) is 17.8 Å². The largest absolute Gasteiger partial charge is 0.460 e. The number of aromatic nitrogens is 1. The maximum Gasteiger partial charge on any atom is 0.211 e. The van der Waals surface area contributed by atoms with Crippen molar-refractivity contribution in [1.82, 2.24) is 4.98 Å². The molecule has 0 saturated carbocycles. The van der Waals surface area contributed by atoms with Crippen molar-refractivity contribution in [3.63, 3.8) is 0 Å². The smallest absolute Gasteiger partial charge is 0.211 e. The SMILES string of the molecule is Cc1ccc2ccc3c(c2n1)OC1(C=C3)N(C)c2ccc(Cl)cc2C1(C)C. The van der Waals surface area contributed by atoms with Gasteiger partial charge in [-0.2, -0.15) is 0 Å². The second kappa shape index (κ2) is 5.26. The second-order valence-corrected chi connectivity index (χ2v) is 8.42. The zero-order valence-electron chi connectivity index (χ0n) is 15.9. The molecule has 5 rings (SSSR count). The van der Waals surface area contributed by atoms with Crippen molar-refractivity contribution < 1.29 is 4.74 Å². The standard InChI is InChI=1S/C23H21ClN2O/c1-14-5-6-15-7-8-16-11-12-23(27-21(16)20(15)25-14)22(2,3)18-13-17(24)9-10-19(18)26(23)4/h5-13H,1-4H3. The van der Waals surface area contributed by atoms with Gasteiger partial charge in [0.25, 0.3) is 0 Å². The Labute approximate surface area is 164 Å². The monoisotopic (exact) mass is 376 g/mol. The molecule has 0 saturated heterocycles. The highest BCUT2D eigenvalue weighted by Gasteiger charge is 2.57. The topological polar surface area (TPSA) is 25.4 Å². The first-order chi connectivity index (χ1) is 12.8. The number of anilines is 1. The van der Waals surface area contributed by atoms with E-state index in [2.05, 4.69) is 68.3 Å². The third-order valence-electron chi connectivity index (χ3n) is 6.12. The van der Waals surface area contributed by atoms with Gasteiger partial charge in [0.1, 0.15) is 5.52 Å². The lowest BCUT2D eigenvalue weighted by Crippen LogP contribution is -2.58. The van der Waals surface area contributed by atoms with Gasteiger partial charge in [0.2, 0.25) is 5.72 Å². The first-order valence-electron chi connectivity index (χ1n) is 9.16. The number of rotatable bonds is 0. The Morgan fingerprint density at radius 1 is 1.07 bits per heavy atom. The number of fused-ring (bicyclic) bond motifs is 4. The molecule has 1 spiro atoms. The molecule has 1 unspecified atom stereocenters. The first-order valence-corrected chi connectivity index (χ1v) is 9.54. The lowest BCUT2D eigenvalue weighted by Gasteiger charge is -2.45. The van der Waals surface area contributed by atoms with Gasteiger partial charge in [-0.3, -0.25) is 0 Å². The molecule has 0 aliphatic carbocycles. The second-order valence-electron chi connectivity index (χ2n) is 7.99. The summed E-state index contributed by atoms with van der Waals surface area (Å²) in [7, 11) is 2.08. The van der Waals surface area contributed by atoms with Crippen LogP contribution in [0.25, 0.3) is 17.0 Å². The number of ether oxygens (including phenoxy) is 1. The van der Waals surface area contributed by atoms with E-state index in [9.17, 15) is 0 Å². The minimum atomic E-state index is -0.632. The quantitative estimate of drug-likeness (QED) is 0.501. The fourth-order valence-electron chi connectivity index (χ4n) is 4.52. The molecule has 3 heterocycles.